The van der Waals surface area contributed by atoms with Crippen molar-refractivity contribution in [1.82, 2.24) is 24.7 Å². The smallest absolute Gasteiger partial charge is 0.259 e. The first kappa shape index (κ1) is 24.1. The van der Waals surface area contributed by atoms with Crippen molar-refractivity contribution in [3.05, 3.63) is 59.7 Å². The number of benzene rings is 1. The molecule has 3 aliphatic rings. The van der Waals surface area contributed by atoms with E-state index in [0.717, 1.165) is 24.3 Å². The lowest BCUT2D eigenvalue weighted by Crippen LogP contribution is -2.72. The number of nitrogens with zero attached hydrogens (tertiary/aromatic N) is 6. The van der Waals surface area contributed by atoms with Gasteiger partial charge in [-0.1, -0.05) is 17.3 Å². The summed E-state index contributed by atoms with van der Waals surface area (Å²) in [7, 11) is 0. The Morgan fingerprint density at radius 2 is 2.00 bits per heavy atom. The van der Waals surface area contributed by atoms with Crippen molar-refractivity contribution in [3.8, 4) is 11.4 Å². The number of amides is 1. The van der Waals surface area contributed by atoms with Gasteiger partial charge in [0.15, 0.2) is 0 Å². The third-order valence-corrected chi connectivity index (χ3v) is 7.90. The number of anilines is 2. The van der Waals surface area contributed by atoms with E-state index in [1.807, 2.05) is 37.4 Å². The zero-order valence-electron chi connectivity index (χ0n) is 21.1. The molecule has 2 atom stereocenters. The van der Waals surface area contributed by atoms with Crippen molar-refractivity contribution >= 4 is 22.8 Å². The summed E-state index contributed by atoms with van der Waals surface area (Å²) in [6.07, 6.45) is 0.521. The molecule has 0 bridgehead atoms. The first-order valence-corrected chi connectivity index (χ1v) is 12.9. The van der Waals surface area contributed by atoms with Crippen LogP contribution in [0.1, 0.15) is 34.2 Å². The van der Waals surface area contributed by atoms with Gasteiger partial charge in [0.05, 0.1) is 29.7 Å². The summed E-state index contributed by atoms with van der Waals surface area (Å²) in [5.74, 6) is 0.00122. The van der Waals surface area contributed by atoms with Crippen LogP contribution in [0.25, 0.3) is 16.9 Å². The van der Waals surface area contributed by atoms with Crippen molar-refractivity contribution in [2.75, 3.05) is 42.9 Å². The fourth-order valence-corrected chi connectivity index (χ4v) is 5.72. The molecular weight excluding hydrogens is 511 g/mol. The Morgan fingerprint density at radius 1 is 1.21 bits per heavy atom. The monoisotopic (exact) mass is 537 g/mol. The van der Waals surface area contributed by atoms with E-state index >= 15 is 0 Å². The molecule has 1 amide bonds. The van der Waals surface area contributed by atoms with Crippen LogP contribution in [0.4, 0.5) is 24.5 Å². The lowest BCUT2D eigenvalue weighted by Gasteiger charge is -2.61. The normalized spacial score (nSPS) is 21.8. The number of likely N-dealkylation sites (tertiary alicyclic amines) is 1. The fraction of sp³-hybridized carbons (Fsp3) is 0.407. The van der Waals surface area contributed by atoms with Crippen molar-refractivity contribution in [3.63, 3.8) is 0 Å². The van der Waals surface area contributed by atoms with Gasteiger partial charge in [-0.2, -0.15) is 10.1 Å². The van der Waals surface area contributed by atoms with Gasteiger partial charge in [0.1, 0.15) is 6.17 Å². The van der Waals surface area contributed by atoms with Gasteiger partial charge in [0.2, 0.25) is 11.7 Å². The van der Waals surface area contributed by atoms with E-state index in [9.17, 15) is 18.0 Å². The van der Waals surface area contributed by atoms with Gasteiger partial charge in [-0.05, 0) is 37.1 Å². The van der Waals surface area contributed by atoms with E-state index in [4.69, 9.17) is 4.52 Å². The Hall–Kier alpha value is -3.93. The molecule has 1 saturated carbocycles. The molecule has 4 aromatic rings. The van der Waals surface area contributed by atoms with Gasteiger partial charge in [-0.3, -0.25) is 9.69 Å². The zero-order chi connectivity index (χ0) is 26.9. The number of fused-ring (bicyclic) bond motifs is 1. The number of aryl methyl sites for hydroxylation is 1. The second kappa shape index (κ2) is 8.80. The van der Waals surface area contributed by atoms with Gasteiger partial charge in [-0.15, -0.1) is 0 Å². The number of halogens is 3. The SMILES string of the molecule is Cc1ccc(-c2noc([C@H]3C[C@@H]3F)n2)cc1NC(=O)c1cnn2ccc(N3CC4(CN(CC(F)F)C4)C3)cc12. The highest BCUT2D eigenvalue weighted by Gasteiger charge is 2.52. The summed E-state index contributed by atoms with van der Waals surface area (Å²) in [5.41, 5.74) is 4.24. The minimum absolute atomic E-state index is 0.0791. The van der Waals surface area contributed by atoms with Gasteiger partial charge in [0, 0.05) is 54.7 Å². The van der Waals surface area contributed by atoms with E-state index in [2.05, 4.69) is 25.5 Å². The van der Waals surface area contributed by atoms with Crippen molar-refractivity contribution in [2.24, 2.45) is 5.41 Å². The van der Waals surface area contributed by atoms with Gasteiger partial charge >= 0.3 is 0 Å². The molecule has 1 spiro atoms. The molecule has 1 aromatic carbocycles. The maximum absolute atomic E-state index is 13.4. The standard InChI is InChI=1S/C27H26F3N7O2/c1-15-2-3-16(24-33-26(39-34-24)18-8-20(18)28)6-21(15)32-25(38)19-9-31-37-5-4-17(7-22(19)37)36-13-27(14-36)11-35(12-27)10-23(29)30/h2-7,9,18,20,23H,8,10-14H2,1H3,(H,32,38)/t18-,20-/m0/s1. The maximum atomic E-state index is 13.4. The Morgan fingerprint density at radius 3 is 2.74 bits per heavy atom. The van der Waals surface area contributed by atoms with Crippen LogP contribution in [0.15, 0.2) is 47.2 Å². The van der Waals surface area contributed by atoms with Crippen LogP contribution >= 0.6 is 0 Å². The molecule has 0 radical (unpaired) electrons. The average Bonchev–Trinajstić information content (AvgIpc) is 3.24. The first-order chi connectivity index (χ1) is 18.8. The number of alkyl halides is 3. The molecule has 39 heavy (non-hydrogen) atoms. The predicted octanol–water partition coefficient (Wildman–Crippen LogP) is 4.16. The quantitative estimate of drug-likeness (QED) is 0.379. The molecular formula is C27H26F3N7O2. The molecule has 2 aliphatic heterocycles. The Kier molecular flexibility index (Phi) is 5.45. The molecule has 3 aromatic heterocycles. The lowest BCUT2D eigenvalue weighted by molar-refractivity contribution is -0.0512. The Labute approximate surface area is 221 Å². The number of carbonyl (C=O) groups excluding carboxylic acids is 1. The van der Waals surface area contributed by atoms with E-state index in [1.165, 1.54) is 6.20 Å². The number of pyridine rings is 1. The van der Waals surface area contributed by atoms with Gasteiger partial charge < -0.3 is 14.7 Å². The number of hydrogen-bond acceptors (Lipinski definition) is 7. The molecule has 9 nitrogen and oxygen atoms in total. The molecule has 7 rings (SSSR count). The summed E-state index contributed by atoms with van der Waals surface area (Å²) in [4.78, 5) is 21.7. The van der Waals surface area contributed by atoms with Gasteiger partial charge in [0.25, 0.3) is 12.3 Å². The van der Waals surface area contributed by atoms with Crippen LogP contribution in [0.5, 0.6) is 0 Å². The highest BCUT2D eigenvalue weighted by atomic mass is 19.3. The molecule has 12 heteroatoms. The summed E-state index contributed by atoms with van der Waals surface area (Å²) in [6, 6.07) is 9.34. The van der Waals surface area contributed by atoms with Crippen LogP contribution in [0.2, 0.25) is 0 Å². The highest BCUT2D eigenvalue weighted by molar-refractivity contribution is 6.09. The Balaban J connectivity index is 1.06. The molecule has 1 aliphatic carbocycles. The van der Waals surface area contributed by atoms with Crippen LogP contribution in [-0.2, 0) is 0 Å². The molecule has 202 valence electrons. The molecule has 5 heterocycles. The number of rotatable bonds is 7. The summed E-state index contributed by atoms with van der Waals surface area (Å²) in [6.45, 7) is 4.70. The topological polar surface area (TPSA) is 91.8 Å². The highest BCUT2D eigenvalue weighted by Crippen LogP contribution is 2.43. The van der Waals surface area contributed by atoms with Crippen molar-refractivity contribution in [2.45, 2.75) is 31.9 Å². The van der Waals surface area contributed by atoms with Crippen LogP contribution in [-0.4, -0.2) is 75.9 Å². The van der Waals surface area contributed by atoms with E-state index in [1.54, 1.807) is 15.5 Å². The predicted molar refractivity (Wildman–Crippen MR) is 137 cm³/mol. The third-order valence-electron chi connectivity index (χ3n) is 7.90. The minimum atomic E-state index is -2.30. The fourth-order valence-electron chi connectivity index (χ4n) is 5.72. The largest absolute Gasteiger partial charge is 0.370 e. The maximum Gasteiger partial charge on any atom is 0.259 e. The zero-order valence-corrected chi connectivity index (χ0v) is 21.1. The number of nitrogens with one attached hydrogen (secondary N) is 1. The number of aromatic nitrogens is 4. The summed E-state index contributed by atoms with van der Waals surface area (Å²) < 4.78 is 45.5. The lowest BCUT2D eigenvalue weighted by atomic mass is 9.72. The Bertz CT molecular complexity index is 1570. The van der Waals surface area contributed by atoms with Crippen LogP contribution in [0, 0.1) is 12.3 Å². The number of hydrogen-bond donors (Lipinski definition) is 1. The number of carbonyl (C=O) groups is 1. The van der Waals surface area contributed by atoms with E-state index in [-0.39, 0.29) is 23.8 Å². The summed E-state index contributed by atoms with van der Waals surface area (Å²) in [5, 5.41) is 11.3. The minimum Gasteiger partial charge on any atom is -0.370 e. The van der Waals surface area contributed by atoms with E-state index in [0.29, 0.717) is 53.6 Å². The molecule has 2 saturated heterocycles. The van der Waals surface area contributed by atoms with E-state index < -0.39 is 12.6 Å². The second-order valence-electron chi connectivity index (χ2n) is 11.0. The van der Waals surface area contributed by atoms with Crippen LogP contribution < -0.4 is 10.2 Å². The second-order valence-corrected chi connectivity index (χ2v) is 11.0. The van der Waals surface area contributed by atoms with Crippen molar-refractivity contribution in [1.29, 1.82) is 0 Å². The van der Waals surface area contributed by atoms with Crippen molar-refractivity contribution < 1.29 is 22.5 Å². The molecule has 1 N–H and O–H groups in total. The first-order valence-electron chi connectivity index (χ1n) is 12.9. The molecule has 3 fully saturated rings. The van der Waals surface area contributed by atoms with Gasteiger partial charge in [-0.25, -0.2) is 17.7 Å². The third kappa shape index (κ3) is 4.32. The summed E-state index contributed by atoms with van der Waals surface area (Å²) >= 11 is 0. The molecule has 0 unspecified atom stereocenters. The average molecular weight is 538 g/mol. The van der Waals surface area contributed by atoms with Crippen LogP contribution in [0.3, 0.4) is 0 Å².